The molecule has 3 amide bonds. The van der Waals surface area contributed by atoms with Crippen LogP contribution < -0.4 is 10.6 Å². The highest BCUT2D eigenvalue weighted by Crippen LogP contribution is 2.18. The minimum atomic E-state index is -0.244. The molecule has 27 heavy (non-hydrogen) atoms. The van der Waals surface area contributed by atoms with Crippen molar-refractivity contribution in [2.24, 2.45) is 11.8 Å². The molecule has 2 saturated heterocycles. The van der Waals surface area contributed by atoms with Crippen molar-refractivity contribution in [1.29, 1.82) is 0 Å². The van der Waals surface area contributed by atoms with Crippen LogP contribution >= 0.6 is 0 Å². The van der Waals surface area contributed by atoms with Crippen LogP contribution in [-0.2, 0) is 4.74 Å². The molecule has 0 saturated carbocycles. The number of nitrogens with one attached hydrogen (secondary N) is 2. The van der Waals surface area contributed by atoms with Crippen molar-refractivity contribution in [3.8, 4) is 0 Å². The SMILES string of the molecule is CCOC(=O)N1CCC(NC(=O)N2CCC(CNCCC(C)C)CC2)CC1. The summed E-state index contributed by atoms with van der Waals surface area (Å²) in [5, 5.41) is 6.71. The Morgan fingerprint density at radius 1 is 1.04 bits per heavy atom. The van der Waals surface area contributed by atoms with Gasteiger partial charge in [0.1, 0.15) is 0 Å². The lowest BCUT2D eigenvalue weighted by molar-refractivity contribution is 0.0947. The highest BCUT2D eigenvalue weighted by Gasteiger charge is 2.27. The van der Waals surface area contributed by atoms with E-state index in [1.54, 1.807) is 4.90 Å². The average molecular weight is 383 g/mol. The van der Waals surface area contributed by atoms with E-state index in [1.807, 2.05) is 11.8 Å². The number of amides is 3. The van der Waals surface area contributed by atoms with Gasteiger partial charge >= 0.3 is 12.1 Å². The van der Waals surface area contributed by atoms with Gasteiger partial charge < -0.3 is 25.2 Å². The molecule has 2 heterocycles. The van der Waals surface area contributed by atoms with Crippen LogP contribution in [0.25, 0.3) is 0 Å². The van der Waals surface area contributed by atoms with E-state index in [0.717, 1.165) is 57.8 Å². The molecule has 156 valence electrons. The molecule has 7 nitrogen and oxygen atoms in total. The van der Waals surface area contributed by atoms with Crippen molar-refractivity contribution in [3.05, 3.63) is 0 Å². The van der Waals surface area contributed by atoms with Gasteiger partial charge in [-0.2, -0.15) is 0 Å². The van der Waals surface area contributed by atoms with E-state index in [1.165, 1.54) is 6.42 Å². The van der Waals surface area contributed by atoms with Crippen LogP contribution in [0, 0.1) is 11.8 Å². The Morgan fingerprint density at radius 2 is 1.67 bits per heavy atom. The quantitative estimate of drug-likeness (QED) is 0.664. The van der Waals surface area contributed by atoms with Gasteiger partial charge in [0.15, 0.2) is 0 Å². The van der Waals surface area contributed by atoms with E-state index in [9.17, 15) is 9.59 Å². The summed E-state index contributed by atoms with van der Waals surface area (Å²) < 4.78 is 5.04. The first kappa shape index (κ1) is 21.8. The van der Waals surface area contributed by atoms with Crippen molar-refractivity contribution in [1.82, 2.24) is 20.4 Å². The standard InChI is InChI=1S/C20H38N4O3/c1-4-27-20(26)24-13-8-18(9-14-24)22-19(25)23-11-6-17(7-12-23)15-21-10-5-16(2)3/h16-18,21H,4-15H2,1-3H3,(H,22,25). The van der Waals surface area contributed by atoms with Crippen LogP contribution in [0.2, 0.25) is 0 Å². The molecule has 2 fully saturated rings. The molecule has 0 radical (unpaired) electrons. The summed E-state index contributed by atoms with van der Waals surface area (Å²) in [6, 6.07) is 0.203. The van der Waals surface area contributed by atoms with Gasteiger partial charge in [-0.1, -0.05) is 13.8 Å². The predicted molar refractivity (Wildman–Crippen MR) is 107 cm³/mol. The fraction of sp³-hybridized carbons (Fsp3) is 0.900. The summed E-state index contributed by atoms with van der Waals surface area (Å²) in [5.41, 5.74) is 0. The van der Waals surface area contributed by atoms with Crippen LogP contribution in [0.15, 0.2) is 0 Å². The number of hydrogen-bond acceptors (Lipinski definition) is 4. The number of ether oxygens (including phenoxy) is 1. The average Bonchev–Trinajstić information content (AvgIpc) is 2.66. The zero-order chi connectivity index (χ0) is 19.6. The normalized spacial score (nSPS) is 19.4. The first-order valence-corrected chi connectivity index (χ1v) is 10.7. The summed E-state index contributed by atoms with van der Waals surface area (Å²) in [6.45, 7) is 11.8. The van der Waals surface area contributed by atoms with E-state index in [2.05, 4.69) is 24.5 Å². The van der Waals surface area contributed by atoms with Gasteiger partial charge in [-0.3, -0.25) is 0 Å². The van der Waals surface area contributed by atoms with Crippen LogP contribution in [0.4, 0.5) is 9.59 Å². The van der Waals surface area contributed by atoms with Gasteiger partial charge in [-0.25, -0.2) is 9.59 Å². The summed E-state index contributed by atoms with van der Waals surface area (Å²) >= 11 is 0. The van der Waals surface area contributed by atoms with Crippen LogP contribution in [0.3, 0.4) is 0 Å². The number of rotatable bonds is 7. The number of carbonyl (C=O) groups excluding carboxylic acids is 2. The third kappa shape index (κ3) is 7.56. The fourth-order valence-electron chi connectivity index (χ4n) is 3.72. The second-order valence-corrected chi connectivity index (χ2v) is 8.23. The van der Waals surface area contributed by atoms with Gasteiger partial charge in [-0.05, 0) is 64.0 Å². The number of urea groups is 1. The van der Waals surface area contributed by atoms with Crippen LogP contribution in [0.5, 0.6) is 0 Å². The number of nitrogens with zero attached hydrogens (tertiary/aromatic N) is 2. The minimum absolute atomic E-state index is 0.0517. The summed E-state index contributed by atoms with van der Waals surface area (Å²) in [5.74, 6) is 1.42. The summed E-state index contributed by atoms with van der Waals surface area (Å²) in [6.07, 6.45) is 4.70. The Labute approximate surface area is 164 Å². The molecule has 0 spiro atoms. The predicted octanol–water partition coefficient (Wildman–Crippen LogP) is 2.66. The lowest BCUT2D eigenvalue weighted by Gasteiger charge is -2.35. The van der Waals surface area contributed by atoms with E-state index in [-0.39, 0.29) is 18.2 Å². The second-order valence-electron chi connectivity index (χ2n) is 8.23. The van der Waals surface area contributed by atoms with Crippen molar-refractivity contribution in [2.75, 3.05) is 45.9 Å². The third-order valence-corrected chi connectivity index (χ3v) is 5.58. The number of hydrogen-bond donors (Lipinski definition) is 2. The zero-order valence-electron chi connectivity index (χ0n) is 17.3. The van der Waals surface area contributed by atoms with Crippen molar-refractivity contribution in [3.63, 3.8) is 0 Å². The Balaban J connectivity index is 1.60. The molecule has 0 aromatic carbocycles. The second kappa shape index (κ2) is 11.4. The monoisotopic (exact) mass is 382 g/mol. The Morgan fingerprint density at radius 3 is 2.26 bits per heavy atom. The van der Waals surface area contributed by atoms with Gasteiger partial charge in [0.25, 0.3) is 0 Å². The molecule has 0 atom stereocenters. The van der Waals surface area contributed by atoms with Crippen molar-refractivity contribution < 1.29 is 14.3 Å². The van der Waals surface area contributed by atoms with Crippen molar-refractivity contribution in [2.45, 2.75) is 58.9 Å². The molecule has 2 N–H and O–H groups in total. The lowest BCUT2D eigenvalue weighted by Crippen LogP contribution is -2.52. The van der Waals surface area contributed by atoms with Gasteiger partial charge in [0, 0.05) is 32.2 Å². The molecule has 0 aromatic heterocycles. The Bertz CT molecular complexity index is 456. The first-order valence-electron chi connectivity index (χ1n) is 10.7. The molecule has 0 aromatic rings. The summed E-state index contributed by atoms with van der Waals surface area (Å²) in [7, 11) is 0. The van der Waals surface area contributed by atoms with E-state index < -0.39 is 0 Å². The van der Waals surface area contributed by atoms with E-state index in [0.29, 0.717) is 25.6 Å². The molecule has 7 heteroatoms. The number of likely N-dealkylation sites (tertiary alicyclic amines) is 2. The highest BCUT2D eigenvalue weighted by atomic mass is 16.6. The Kier molecular flexibility index (Phi) is 9.18. The van der Waals surface area contributed by atoms with E-state index in [4.69, 9.17) is 4.74 Å². The van der Waals surface area contributed by atoms with Gasteiger partial charge in [0.05, 0.1) is 6.61 Å². The molecular weight excluding hydrogens is 344 g/mol. The van der Waals surface area contributed by atoms with Gasteiger partial charge in [0.2, 0.25) is 0 Å². The first-order chi connectivity index (χ1) is 13.0. The highest BCUT2D eigenvalue weighted by molar-refractivity contribution is 5.74. The maximum absolute atomic E-state index is 12.5. The largest absolute Gasteiger partial charge is 0.450 e. The number of carbonyl (C=O) groups is 2. The molecular formula is C20H38N4O3. The van der Waals surface area contributed by atoms with Crippen molar-refractivity contribution >= 4 is 12.1 Å². The molecule has 0 unspecified atom stereocenters. The third-order valence-electron chi connectivity index (χ3n) is 5.58. The smallest absolute Gasteiger partial charge is 0.409 e. The Hall–Kier alpha value is -1.50. The topological polar surface area (TPSA) is 73.9 Å². The summed E-state index contributed by atoms with van der Waals surface area (Å²) in [4.78, 5) is 27.9. The fourth-order valence-corrected chi connectivity index (χ4v) is 3.72. The zero-order valence-corrected chi connectivity index (χ0v) is 17.3. The molecule has 2 aliphatic rings. The van der Waals surface area contributed by atoms with Gasteiger partial charge in [-0.15, -0.1) is 0 Å². The molecule has 0 bridgehead atoms. The maximum atomic E-state index is 12.5. The lowest BCUT2D eigenvalue weighted by atomic mass is 9.97. The maximum Gasteiger partial charge on any atom is 0.409 e. The molecule has 2 aliphatic heterocycles. The van der Waals surface area contributed by atoms with Crippen LogP contribution in [-0.4, -0.2) is 73.8 Å². The molecule has 0 aliphatic carbocycles. The van der Waals surface area contributed by atoms with E-state index >= 15 is 0 Å². The number of piperidine rings is 2. The molecule has 2 rings (SSSR count). The van der Waals surface area contributed by atoms with Crippen LogP contribution in [0.1, 0.15) is 52.9 Å². The minimum Gasteiger partial charge on any atom is -0.450 e.